The Kier molecular flexibility index (Phi) is 7.17. The van der Waals surface area contributed by atoms with Crippen molar-refractivity contribution in [2.24, 2.45) is 0 Å². The van der Waals surface area contributed by atoms with Gasteiger partial charge in [0.15, 0.2) is 0 Å². The summed E-state index contributed by atoms with van der Waals surface area (Å²) in [6.45, 7) is 6.31. The Morgan fingerprint density at radius 3 is 2.50 bits per heavy atom. The SMILES string of the molecule is Cc1c2cnn(CC(=O)NC(C)CCc3ccccc3)c(=O)c2c(C)n1Cc1ccccc1Cl. The van der Waals surface area contributed by atoms with Crippen LogP contribution in [0.2, 0.25) is 5.02 Å². The van der Waals surface area contributed by atoms with E-state index in [1.807, 2.05) is 63.2 Å². The molecule has 6 nitrogen and oxygen atoms in total. The van der Waals surface area contributed by atoms with Crippen LogP contribution in [0.5, 0.6) is 0 Å². The molecule has 0 fully saturated rings. The first kappa shape index (κ1) is 23.8. The van der Waals surface area contributed by atoms with E-state index in [-0.39, 0.29) is 24.1 Å². The number of aromatic nitrogens is 3. The van der Waals surface area contributed by atoms with Gasteiger partial charge in [-0.15, -0.1) is 0 Å². The molecule has 2 heterocycles. The number of hydrogen-bond donors (Lipinski definition) is 1. The van der Waals surface area contributed by atoms with Gasteiger partial charge in [-0.1, -0.05) is 60.1 Å². The third-order valence-electron chi connectivity index (χ3n) is 6.30. The lowest BCUT2D eigenvalue weighted by molar-refractivity contribution is -0.122. The van der Waals surface area contributed by atoms with Gasteiger partial charge in [0, 0.05) is 34.4 Å². The van der Waals surface area contributed by atoms with E-state index in [0.29, 0.717) is 17.0 Å². The minimum absolute atomic E-state index is 0.00664. The Morgan fingerprint density at radius 1 is 1.06 bits per heavy atom. The van der Waals surface area contributed by atoms with Gasteiger partial charge in [0.25, 0.3) is 5.56 Å². The topological polar surface area (TPSA) is 68.9 Å². The summed E-state index contributed by atoms with van der Waals surface area (Å²) in [6.07, 6.45) is 3.37. The number of aryl methyl sites for hydroxylation is 3. The van der Waals surface area contributed by atoms with E-state index in [4.69, 9.17) is 11.6 Å². The summed E-state index contributed by atoms with van der Waals surface area (Å²) in [5.41, 5.74) is 3.74. The number of fused-ring (bicyclic) bond motifs is 1. The second-order valence-electron chi connectivity index (χ2n) is 8.74. The van der Waals surface area contributed by atoms with Gasteiger partial charge in [0.2, 0.25) is 5.91 Å². The van der Waals surface area contributed by atoms with Crippen LogP contribution in [-0.2, 0) is 24.3 Å². The van der Waals surface area contributed by atoms with Gasteiger partial charge in [0.05, 0.1) is 11.6 Å². The largest absolute Gasteiger partial charge is 0.352 e. The van der Waals surface area contributed by atoms with Gasteiger partial charge in [-0.25, -0.2) is 4.68 Å². The molecule has 2 aromatic heterocycles. The van der Waals surface area contributed by atoms with E-state index in [2.05, 4.69) is 27.1 Å². The van der Waals surface area contributed by atoms with Gasteiger partial charge in [0.1, 0.15) is 6.54 Å². The minimum Gasteiger partial charge on any atom is -0.352 e. The first-order chi connectivity index (χ1) is 16.3. The molecular weight excluding hydrogens is 448 g/mol. The number of rotatable bonds is 8. The van der Waals surface area contributed by atoms with Crippen LogP contribution in [0.15, 0.2) is 65.6 Å². The number of nitrogens with one attached hydrogen (secondary N) is 1. The number of nitrogens with zero attached hydrogens (tertiary/aromatic N) is 3. The molecule has 1 atom stereocenters. The molecular formula is C27H29ClN4O2. The van der Waals surface area contributed by atoms with Crippen LogP contribution in [0.3, 0.4) is 0 Å². The summed E-state index contributed by atoms with van der Waals surface area (Å²) in [6, 6.07) is 17.8. The lowest BCUT2D eigenvalue weighted by Gasteiger charge is -2.14. The smallest absolute Gasteiger partial charge is 0.276 e. The van der Waals surface area contributed by atoms with Crippen LogP contribution in [-0.4, -0.2) is 26.3 Å². The summed E-state index contributed by atoms with van der Waals surface area (Å²) < 4.78 is 3.32. The number of carbonyl (C=O) groups excluding carboxylic acids is 1. The summed E-state index contributed by atoms with van der Waals surface area (Å²) in [4.78, 5) is 25.9. The molecule has 1 amide bonds. The molecule has 0 saturated heterocycles. The molecule has 4 rings (SSSR count). The van der Waals surface area contributed by atoms with Crippen molar-refractivity contribution in [3.63, 3.8) is 0 Å². The van der Waals surface area contributed by atoms with Crippen LogP contribution >= 0.6 is 11.6 Å². The minimum atomic E-state index is -0.261. The second kappa shape index (κ2) is 10.3. The monoisotopic (exact) mass is 476 g/mol. The summed E-state index contributed by atoms with van der Waals surface area (Å²) in [5.74, 6) is -0.223. The Balaban J connectivity index is 1.49. The van der Waals surface area contributed by atoms with Crippen LogP contribution in [0.4, 0.5) is 0 Å². The quantitative estimate of drug-likeness (QED) is 0.402. The average molecular weight is 477 g/mol. The predicted octanol–water partition coefficient (Wildman–Crippen LogP) is 4.65. The van der Waals surface area contributed by atoms with E-state index in [1.165, 1.54) is 10.2 Å². The highest BCUT2D eigenvalue weighted by atomic mass is 35.5. The van der Waals surface area contributed by atoms with Crippen LogP contribution in [0, 0.1) is 13.8 Å². The van der Waals surface area contributed by atoms with Crippen molar-refractivity contribution in [1.29, 1.82) is 0 Å². The van der Waals surface area contributed by atoms with Crippen molar-refractivity contribution in [1.82, 2.24) is 19.7 Å². The highest BCUT2D eigenvalue weighted by molar-refractivity contribution is 6.31. The molecule has 1 N–H and O–H groups in total. The second-order valence-corrected chi connectivity index (χ2v) is 9.14. The molecule has 2 aromatic carbocycles. The molecule has 1 unspecified atom stereocenters. The van der Waals surface area contributed by atoms with Crippen LogP contribution in [0.25, 0.3) is 10.8 Å². The van der Waals surface area contributed by atoms with Gasteiger partial charge in [-0.3, -0.25) is 9.59 Å². The van der Waals surface area contributed by atoms with E-state index < -0.39 is 0 Å². The Hall–Kier alpha value is -3.38. The number of hydrogen-bond acceptors (Lipinski definition) is 3. The Labute approximate surface area is 204 Å². The maximum Gasteiger partial charge on any atom is 0.276 e. The normalized spacial score (nSPS) is 12.1. The molecule has 0 aliphatic heterocycles. The molecule has 176 valence electrons. The van der Waals surface area contributed by atoms with E-state index in [0.717, 1.165) is 35.2 Å². The van der Waals surface area contributed by atoms with Crippen LogP contribution < -0.4 is 10.9 Å². The number of benzene rings is 2. The fraction of sp³-hybridized carbons (Fsp3) is 0.296. The molecule has 0 saturated carbocycles. The third kappa shape index (κ3) is 5.07. The summed E-state index contributed by atoms with van der Waals surface area (Å²) in [7, 11) is 0. The van der Waals surface area contributed by atoms with Crippen molar-refractivity contribution >= 4 is 28.3 Å². The van der Waals surface area contributed by atoms with E-state index in [9.17, 15) is 9.59 Å². The Bertz CT molecular complexity index is 1370. The zero-order valence-electron chi connectivity index (χ0n) is 19.7. The Morgan fingerprint density at radius 2 is 1.76 bits per heavy atom. The van der Waals surface area contributed by atoms with Crippen molar-refractivity contribution < 1.29 is 4.79 Å². The first-order valence-corrected chi connectivity index (χ1v) is 11.8. The highest BCUT2D eigenvalue weighted by Crippen LogP contribution is 2.25. The van der Waals surface area contributed by atoms with Gasteiger partial charge in [-0.05, 0) is 50.8 Å². The lowest BCUT2D eigenvalue weighted by Crippen LogP contribution is -2.38. The molecule has 0 aliphatic carbocycles. The summed E-state index contributed by atoms with van der Waals surface area (Å²) >= 11 is 6.35. The average Bonchev–Trinajstić information content (AvgIpc) is 3.06. The van der Waals surface area contributed by atoms with E-state index in [1.54, 1.807) is 6.20 Å². The zero-order chi connectivity index (χ0) is 24.2. The fourth-order valence-electron chi connectivity index (χ4n) is 4.35. The maximum atomic E-state index is 13.2. The molecule has 34 heavy (non-hydrogen) atoms. The van der Waals surface area contributed by atoms with Gasteiger partial charge < -0.3 is 9.88 Å². The van der Waals surface area contributed by atoms with Crippen molar-refractivity contribution in [3.05, 3.63) is 98.7 Å². The molecule has 0 aliphatic rings. The molecule has 4 aromatic rings. The predicted molar refractivity (Wildman–Crippen MR) is 136 cm³/mol. The number of carbonyl (C=O) groups is 1. The number of amides is 1. The third-order valence-corrected chi connectivity index (χ3v) is 6.67. The standard InChI is InChI=1S/C27H29ClN4O2/c1-18(13-14-21-9-5-4-6-10-21)30-25(33)17-32-27(34)26-20(3)31(19(2)23(26)15-29-32)16-22-11-7-8-12-24(22)28/h4-12,15,18H,13-14,16-17H2,1-3H3,(H,30,33). The highest BCUT2D eigenvalue weighted by Gasteiger charge is 2.18. The van der Waals surface area contributed by atoms with Gasteiger partial charge in [-0.2, -0.15) is 5.10 Å². The molecule has 0 bridgehead atoms. The molecule has 0 spiro atoms. The molecule has 0 radical (unpaired) electrons. The summed E-state index contributed by atoms with van der Waals surface area (Å²) in [5, 5.41) is 9.35. The van der Waals surface area contributed by atoms with Crippen molar-refractivity contribution in [2.45, 2.75) is 52.7 Å². The van der Waals surface area contributed by atoms with E-state index >= 15 is 0 Å². The zero-order valence-corrected chi connectivity index (χ0v) is 20.5. The van der Waals surface area contributed by atoms with Crippen molar-refractivity contribution in [3.8, 4) is 0 Å². The molecule has 7 heteroatoms. The maximum absolute atomic E-state index is 13.2. The first-order valence-electron chi connectivity index (χ1n) is 11.5. The lowest BCUT2D eigenvalue weighted by atomic mass is 10.1. The fourth-order valence-corrected chi connectivity index (χ4v) is 4.54. The van der Waals surface area contributed by atoms with Crippen LogP contribution in [0.1, 0.15) is 35.9 Å². The van der Waals surface area contributed by atoms with Crippen molar-refractivity contribution in [2.75, 3.05) is 0 Å². The van der Waals surface area contributed by atoms with Gasteiger partial charge >= 0.3 is 0 Å². The number of halogens is 1.